The van der Waals surface area contributed by atoms with Crippen LogP contribution in [0.5, 0.6) is 0 Å². The van der Waals surface area contributed by atoms with E-state index >= 15 is 0 Å². The molecule has 1 aliphatic heterocycles. The maximum Gasteiger partial charge on any atom is 0.0900 e. The highest BCUT2D eigenvalue weighted by Crippen LogP contribution is 2.07. The number of morpholine rings is 1. The number of ether oxygens (including phenoxy) is 2. The number of hydrogen-bond donors (Lipinski definition) is 1. The molecule has 2 rings (SSSR count). The molecule has 0 aromatic heterocycles. The van der Waals surface area contributed by atoms with Crippen LogP contribution in [0.2, 0.25) is 0 Å². The van der Waals surface area contributed by atoms with Crippen molar-refractivity contribution in [3.63, 3.8) is 0 Å². The van der Waals surface area contributed by atoms with E-state index in [1.165, 1.54) is 0 Å². The van der Waals surface area contributed by atoms with E-state index in [-0.39, 0.29) is 6.10 Å². The van der Waals surface area contributed by atoms with E-state index in [4.69, 9.17) is 9.47 Å². The Morgan fingerprint density at radius 2 is 2.14 bits per heavy atom. The van der Waals surface area contributed by atoms with Gasteiger partial charge in [0, 0.05) is 26.2 Å². The second kappa shape index (κ2) is 9.22. The van der Waals surface area contributed by atoms with Gasteiger partial charge in [0.15, 0.2) is 0 Å². The van der Waals surface area contributed by atoms with Crippen molar-refractivity contribution in [2.75, 3.05) is 53.5 Å². The summed E-state index contributed by atoms with van der Waals surface area (Å²) in [5, 5.41) is 10.1. The minimum Gasteiger partial charge on any atom is -0.389 e. The SMILES string of the molecule is CN(C)C[C@@H]1CN(C[C@H](O)COCc2ccccc2)CCO1. The maximum atomic E-state index is 10.1. The van der Waals surface area contributed by atoms with Gasteiger partial charge in [-0.1, -0.05) is 30.3 Å². The third-order valence-electron chi connectivity index (χ3n) is 3.68. The lowest BCUT2D eigenvalue weighted by Crippen LogP contribution is -2.49. The van der Waals surface area contributed by atoms with Gasteiger partial charge in [-0.3, -0.25) is 4.90 Å². The van der Waals surface area contributed by atoms with E-state index in [1.54, 1.807) is 0 Å². The van der Waals surface area contributed by atoms with Crippen molar-refractivity contribution in [2.45, 2.75) is 18.8 Å². The van der Waals surface area contributed by atoms with Crippen LogP contribution >= 0.6 is 0 Å². The molecule has 22 heavy (non-hydrogen) atoms. The van der Waals surface area contributed by atoms with Crippen molar-refractivity contribution < 1.29 is 14.6 Å². The lowest BCUT2D eigenvalue weighted by atomic mass is 10.2. The fourth-order valence-corrected chi connectivity index (χ4v) is 2.70. The molecule has 1 heterocycles. The minimum atomic E-state index is -0.457. The molecule has 0 amide bonds. The van der Waals surface area contributed by atoms with Crippen molar-refractivity contribution in [1.29, 1.82) is 0 Å². The summed E-state index contributed by atoms with van der Waals surface area (Å²) in [6.45, 7) is 4.94. The Kier molecular flexibility index (Phi) is 7.29. The van der Waals surface area contributed by atoms with Crippen LogP contribution in [-0.2, 0) is 16.1 Å². The molecular weight excluding hydrogens is 280 g/mol. The summed E-state index contributed by atoms with van der Waals surface area (Å²) in [4.78, 5) is 4.39. The van der Waals surface area contributed by atoms with Crippen molar-refractivity contribution >= 4 is 0 Å². The van der Waals surface area contributed by atoms with Crippen LogP contribution in [0.15, 0.2) is 30.3 Å². The summed E-state index contributed by atoms with van der Waals surface area (Å²) in [5.41, 5.74) is 1.13. The molecule has 0 radical (unpaired) electrons. The van der Waals surface area contributed by atoms with Crippen molar-refractivity contribution in [3.8, 4) is 0 Å². The predicted molar refractivity (Wildman–Crippen MR) is 86.8 cm³/mol. The van der Waals surface area contributed by atoms with Crippen LogP contribution < -0.4 is 0 Å². The van der Waals surface area contributed by atoms with Crippen molar-refractivity contribution in [3.05, 3.63) is 35.9 Å². The lowest BCUT2D eigenvalue weighted by Gasteiger charge is -2.35. The quantitative estimate of drug-likeness (QED) is 0.770. The fraction of sp³-hybridized carbons (Fsp3) is 0.647. The summed E-state index contributed by atoms with van der Waals surface area (Å²) < 4.78 is 11.3. The van der Waals surface area contributed by atoms with Crippen LogP contribution in [-0.4, -0.2) is 80.6 Å². The lowest BCUT2D eigenvalue weighted by molar-refractivity contribution is -0.0584. The zero-order valence-electron chi connectivity index (χ0n) is 13.6. The average Bonchev–Trinajstić information content (AvgIpc) is 2.48. The Bertz CT molecular complexity index is 414. The summed E-state index contributed by atoms with van der Waals surface area (Å²) in [5.74, 6) is 0. The topological polar surface area (TPSA) is 45.2 Å². The Morgan fingerprint density at radius 3 is 2.86 bits per heavy atom. The van der Waals surface area contributed by atoms with Gasteiger partial charge in [0.05, 0.1) is 32.0 Å². The first-order valence-electron chi connectivity index (χ1n) is 7.92. The number of β-amino-alcohol motifs (C(OH)–C–C–N with tert-alkyl or cyclic N) is 1. The van der Waals surface area contributed by atoms with E-state index in [2.05, 4.69) is 23.9 Å². The van der Waals surface area contributed by atoms with E-state index in [0.29, 0.717) is 19.8 Å². The highest BCUT2D eigenvalue weighted by Gasteiger charge is 2.22. The first-order chi connectivity index (χ1) is 10.6. The smallest absolute Gasteiger partial charge is 0.0900 e. The molecule has 1 N–H and O–H groups in total. The zero-order chi connectivity index (χ0) is 15.8. The summed E-state index contributed by atoms with van der Waals surface area (Å²) >= 11 is 0. The van der Waals surface area contributed by atoms with Gasteiger partial charge in [0.1, 0.15) is 0 Å². The third-order valence-corrected chi connectivity index (χ3v) is 3.68. The number of aliphatic hydroxyl groups is 1. The van der Waals surface area contributed by atoms with Gasteiger partial charge < -0.3 is 19.5 Å². The highest BCUT2D eigenvalue weighted by molar-refractivity contribution is 5.13. The van der Waals surface area contributed by atoms with Crippen molar-refractivity contribution in [1.82, 2.24) is 9.80 Å². The van der Waals surface area contributed by atoms with Gasteiger partial charge in [-0.2, -0.15) is 0 Å². The summed E-state index contributed by atoms with van der Waals surface area (Å²) in [6, 6.07) is 10.0. The van der Waals surface area contributed by atoms with Crippen LogP contribution in [0.1, 0.15) is 5.56 Å². The second-order valence-electron chi connectivity index (χ2n) is 6.17. The largest absolute Gasteiger partial charge is 0.389 e. The zero-order valence-corrected chi connectivity index (χ0v) is 13.6. The molecule has 0 aliphatic carbocycles. The minimum absolute atomic E-state index is 0.223. The molecule has 0 unspecified atom stereocenters. The Hall–Kier alpha value is -0.980. The maximum absolute atomic E-state index is 10.1. The summed E-state index contributed by atoms with van der Waals surface area (Å²) in [7, 11) is 4.10. The third kappa shape index (κ3) is 6.42. The monoisotopic (exact) mass is 308 g/mol. The first-order valence-corrected chi connectivity index (χ1v) is 7.92. The highest BCUT2D eigenvalue weighted by atomic mass is 16.5. The molecule has 1 saturated heterocycles. The van der Waals surface area contributed by atoms with Gasteiger partial charge in [0.2, 0.25) is 0 Å². The molecule has 1 fully saturated rings. The number of nitrogens with zero attached hydrogens (tertiary/aromatic N) is 2. The number of hydrogen-bond acceptors (Lipinski definition) is 5. The van der Waals surface area contributed by atoms with Crippen LogP contribution in [0.3, 0.4) is 0 Å². The second-order valence-corrected chi connectivity index (χ2v) is 6.17. The molecule has 0 saturated carbocycles. The molecule has 5 heteroatoms. The Morgan fingerprint density at radius 1 is 1.36 bits per heavy atom. The van der Waals surface area contributed by atoms with E-state index in [1.807, 2.05) is 30.3 Å². The van der Waals surface area contributed by atoms with Gasteiger partial charge >= 0.3 is 0 Å². The number of aliphatic hydroxyl groups excluding tert-OH is 1. The normalized spacial score (nSPS) is 21.2. The van der Waals surface area contributed by atoms with Gasteiger partial charge in [-0.15, -0.1) is 0 Å². The van der Waals surface area contributed by atoms with Crippen LogP contribution in [0, 0.1) is 0 Å². The first kappa shape index (κ1) is 17.4. The molecule has 5 nitrogen and oxygen atoms in total. The van der Waals surface area contributed by atoms with Crippen LogP contribution in [0.25, 0.3) is 0 Å². The van der Waals surface area contributed by atoms with Crippen molar-refractivity contribution in [2.24, 2.45) is 0 Å². The molecule has 0 bridgehead atoms. The average molecular weight is 308 g/mol. The number of rotatable bonds is 8. The standard InChI is InChI=1S/C17H28N2O3/c1-18(2)11-17-12-19(8-9-22-17)10-16(20)14-21-13-15-6-4-3-5-7-15/h3-7,16-17,20H,8-14H2,1-2H3/t16-,17+/m0/s1. The van der Waals surface area contributed by atoms with Crippen LogP contribution in [0.4, 0.5) is 0 Å². The van der Waals surface area contributed by atoms with Gasteiger partial charge in [0.25, 0.3) is 0 Å². The number of benzene rings is 1. The fourth-order valence-electron chi connectivity index (χ4n) is 2.70. The van der Waals surface area contributed by atoms with Gasteiger partial charge in [-0.05, 0) is 19.7 Å². The Labute approximate surface area is 133 Å². The molecular formula is C17H28N2O3. The molecule has 1 aliphatic rings. The number of likely N-dealkylation sites (N-methyl/N-ethyl adjacent to an activating group) is 1. The molecule has 2 atom stereocenters. The van der Waals surface area contributed by atoms with E-state index in [9.17, 15) is 5.11 Å². The summed E-state index contributed by atoms with van der Waals surface area (Å²) in [6.07, 6.45) is -0.233. The molecule has 1 aromatic carbocycles. The molecule has 124 valence electrons. The molecule has 0 spiro atoms. The predicted octanol–water partition coefficient (Wildman–Crippen LogP) is 0.827. The Balaban J connectivity index is 1.64. The van der Waals surface area contributed by atoms with E-state index < -0.39 is 6.10 Å². The van der Waals surface area contributed by atoms with Gasteiger partial charge in [-0.25, -0.2) is 0 Å². The van der Waals surface area contributed by atoms with E-state index in [0.717, 1.165) is 31.8 Å². The molecule has 1 aromatic rings.